The van der Waals surface area contributed by atoms with Gasteiger partial charge in [0.2, 0.25) is 0 Å². The van der Waals surface area contributed by atoms with Crippen LogP contribution in [0.4, 0.5) is 13.2 Å². The maximum absolute atomic E-state index is 13.6. The van der Waals surface area contributed by atoms with Crippen LogP contribution in [0.3, 0.4) is 0 Å². The van der Waals surface area contributed by atoms with Crippen molar-refractivity contribution in [3.8, 4) is 22.4 Å². The topological polar surface area (TPSA) is 89.1 Å². The van der Waals surface area contributed by atoms with Crippen molar-refractivity contribution < 1.29 is 31.1 Å². The zero-order chi connectivity index (χ0) is 23.5. The first-order valence-electron chi connectivity index (χ1n) is 9.68. The van der Waals surface area contributed by atoms with Crippen molar-refractivity contribution in [1.29, 1.82) is 0 Å². The van der Waals surface area contributed by atoms with Gasteiger partial charge in [0.05, 0.1) is 22.9 Å². The van der Waals surface area contributed by atoms with Crippen molar-refractivity contribution in [2.45, 2.75) is 31.3 Å². The predicted molar refractivity (Wildman–Crippen MR) is 113 cm³/mol. The molecule has 0 aliphatic carbocycles. The number of esters is 1. The lowest BCUT2D eigenvalue weighted by molar-refractivity contribution is -0.141. The van der Waals surface area contributed by atoms with E-state index < -0.39 is 27.7 Å². The van der Waals surface area contributed by atoms with Gasteiger partial charge in [0.25, 0.3) is 0 Å². The molecule has 0 amide bonds. The Morgan fingerprint density at radius 1 is 1.03 bits per heavy atom. The van der Waals surface area contributed by atoms with Crippen molar-refractivity contribution >= 4 is 15.8 Å². The molecule has 0 radical (unpaired) electrons. The van der Waals surface area contributed by atoms with E-state index in [1.54, 1.807) is 24.3 Å². The summed E-state index contributed by atoms with van der Waals surface area (Å²) in [5.41, 5.74) is 0.597. The Labute approximate surface area is 183 Å². The summed E-state index contributed by atoms with van der Waals surface area (Å²) in [5, 5.41) is 5.94. The van der Waals surface area contributed by atoms with Gasteiger partial charge < -0.3 is 4.74 Å². The number of carbonyl (C=O) groups excluding carboxylic acids is 1. The molecule has 1 N–H and O–H groups in total. The number of sulfone groups is 1. The zero-order valence-corrected chi connectivity index (χ0v) is 18.2. The number of carbonyl (C=O) groups is 1. The highest BCUT2D eigenvalue weighted by atomic mass is 32.2. The van der Waals surface area contributed by atoms with Gasteiger partial charge in [-0.05, 0) is 31.0 Å². The maximum Gasteiger partial charge on any atom is 0.435 e. The van der Waals surface area contributed by atoms with Crippen LogP contribution in [0.15, 0.2) is 53.4 Å². The van der Waals surface area contributed by atoms with Crippen LogP contribution in [0.25, 0.3) is 22.4 Å². The summed E-state index contributed by atoms with van der Waals surface area (Å²) in [7, 11) is -3.64. The monoisotopic (exact) mass is 466 g/mol. The fraction of sp³-hybridized carbons (Fsp3) is 0.273. The fourth-order valence-electron chi connectivity index (χ4n) is 3.17. The molecule has 0 saturated carbocycles. The fourth-order valence-corrected chi connectivity index (χ4v) is 4.45. The Morgan fingerprint density at radius 3 is 2.19 bits per heavy atom. The van der Waals surface area contributed by atoms with E-state index in [4.69, 9.17) is 4.74 Å². The number of nitrogens with one attached hydrogen (secondary N) is 1. The number of benzene rings is 2. The normalized spacial score (nSPS) is 12.0. The third-order valence-corrected chi connectivity index (χ3v) is 6.56. The number of aromatic nitrogens is 2. The molecule has 3 aromatic rings. The van der Waals surface area contributed by atoms with Gasteiger partial charge in [-0.2, -0.15) is 18.3 Å². The molecule has 0 saturated heterocycles. The molecule has 0 atom stereocenters. The van der Waals surface area contributed by atoms with Gasteiger partial charge in [0, 0.05) is 18.1 Å². The first-order chi connectivity index (χ1) is 15.0. The van der Waals surface area contributed by atoms with E-state index in [9.17, 15) is 26.4 Å². The minimum Gasteiger partial charge on any atom is -0.466 e. The van der Waals surface area contributed by atoms with Gasteiger partial charge in [-0.25, -0.2) is 8.42 Å². The molecule has 0 bridgehead atoms. The molecule has 3 rings (SSSR count). The lowest BCUT2D eigenvalue weighted by Crippen LogP contribution is -2.10. The van der Waals surface area contributed by atoms with Crippen LogP contribution in [-0.4, -0.2) is 36.9 Å². The lowest BCUT2D eigenvalue weighted by atomic mass is 9.98. The molecule has 0 unspecified atom stereocenters. The molecule has 0 spiro atoms. The Bertz CT molecular complexity index is 1200. The van der Waals surface area contributed by atoms with Gasteiger partial charge in [0.15, 0.2) is 15.5 Å². The Morgan fingerprint density at radius 2 is 1.62 bits per heavy atom. The standard InChI is InChI=1S/C22H21F3N2O4S/c1-14-4-6-16(7-5-14)19-20(26-27-21(19)22(23,24)25)17-8-10-18(11-9-17)32(29,30)13-3-12-31-15(2)28/h4-11H,3,12-13H2,1-2H3,(H,26,27). The number of H-pyrrole nitrogens is 1. The van der Waals surface area contributed by atoms with Crippen molar-refractivity contribution in [3.05, 3.63) is 59.8 Å². The SMILES string of the molecule is CC(=O)OCCCS(=O)(=O)c1ccc(-c2[nH]nc(C(F)(F)F)c2-c2ccc(C)cc2)cc1. The molecular weight excluding hydrogens is 445 g/mol. The van der Waals surface area contributed by atoms with Crippen LogP contribution in [0.1, 0.15) is 24.6 Å². The highest BCUT2D eigenvalue weighted by molar-refractivity contribution is 7.91. The average molecular weight is 466 g/mol. The summed E-state index contributed by atoms with van der Waals surface area (Å²) in [5.74, 6) is -0.717. The van der Waals surface area contributed by atoms with Crippen molar-refractivity contribution in [2.24, 2.45) is 0 Å². The molecule has 2 aromatic carbocycles. The number of hydrogen-bond acceptors (Lipinski definition) is 5. The van der Waals surface area contributed by atoms with Crippen LogP contribution in [0.5, 0.6) is 0 Å². The van der Waals surface area contributed by atoms with E-state index in [0.717, 1.165) is 5.56 Å². The highest BCUT2D eigenvalue weighted by Crippen LogP contribution is 2.41. The van der Waals surface area contributed by atoms with Crippen LogP contribution < -0.4 is 0 Å². The van der Waals surface area contributed by atoms with E-state index in [2.05, 4.69) is 10.2 Å². The highest BCUT2D eigenvalue weighted by Gasteiger charge is 2.38. The number of rotatable bonds is 7. The number of nitrogens with zero attached hydrogens (tertiary/aromatic N) is 1. The third-order valence-electron chi connectivity index (χ3n) is 4.74. The third kappa shape index (κ3) is 5.37. The molecule has 170 valence electrons. The van der Waals surface area contributed by atoms with Gasteiger partial charge in [0.1, 0.15) is 0 Å². The largest absolute Gasteiger partial charge is 0.466 e. The second-order valence-corrected chi connectivity index (χ2v) is 9.33. The Hall–Kier alpha value is -3.14. The van der Waals surface area contributed by atoms with E-state index in [0.29, 0.717) is 11.1 Å². The van der Waals surface area contributed by atoms with Crippen molar-refractivity contribution in [3.63, 3.8) is 0 Å². The maximum atomic E-state index is 13.6. The first-order valence-corrected chi connectivity index (χ1v) is 11.3. The summed E-state index contributed by atoms with van der Waals surface area (Å²) >= 11 is 0. The molecule has 0 fully saturated rings. The van der Waals surface area contributed by atoms with Crippen LogP contribution in [-0.2, 0) is 25.5 Å². The minimum atomic E-state index is -4.67. The number of alkyl halides is 3. The van der Waals surface area contributed by atoms with Crippen LogP contribution >= 0.6 is 0 Å². The summed E-state index contributed by atoms with van der Waals surface area (Å²) in [6.07, 6.45) is -4.53. The number of hydrogen-bond donors (Lipinski definition) is 1. The van der Waals surface area contributed by atoms with E-state index >= 15 is 0 Å². The quantitative estimate of drug-likeness (QED) is 0.399. The molecule has 1 aromatic heterocycles. The van der Waals surface area contributed by atoms with E-state index in [-0.39, 0.29) is 34.9 Å². The van der Waals surface area contributed by atoms with E-state index in [1.165, 1.54) is 31.2 Å². The predicted octanol–water partition coefficient (Wildman–Crippen LogP) is 4.80. The summed E-state index contributed by atoms with van der Waals surface area (Å²) < 4.78 is 70.4. The van der Waals surface area contributed by atoms with Gasteiger partial charge in [-0.15, -0.1) is 0 Å². The smallest absolute Gasteiger partial charge is 0.435 e. The molecule has 10 heteroatoms. The molecule has 32 heavy (non-hydrogen) atoms. The molecule has 0 aliphatic rings. The van der Waals surface area contributed by atoms with Gasteiger partial charge >= 0.3 is 12.1 Å². The summed E-state index contributed by atoms with van der Waals surface area (Å²) in [6, 6.07) is 12.1. The zero-order valence-electron chi connectivity index (χ0n) is 17.4. The van der Waals surface area contributed by atoms with Crippen LogP contribution in [0, 0.1) is 6.92 Å². The number of aromatic amines is 1. The number of ether oxygens (including phenoxy) is 1. The molecule has 0 aliphatic heterocycles. The first kappa shape index (κ1) is 23.5. The minimum absolute atomic E-state index is 0.0130. The number of halogens is 3. The van der Waals surface area contributed by atoms with Gasteiger partial charge in [-0.1, -0.05) is 42.0 Å². The van der Waals surface area contributed by atoms with Crippen LogP contribution in [0.2, 0.25) is 0 Å². The summed E-state index contributed by atoms with van der Waals surface area (Å²) in [4.78, 5) is 10.8. The van der Waals surface area contributed by atoms with Crippen molar-refractivity contribution in [1.82, 2.24) is 10.2 Å². The summed E-state index contributed by atoms with van der Waals surface area (Å²) in [6.45, 7) is 3.05. The van der Waals surface area contributed by atoms with Gasteiger partial charge in [-0.3, -0.25) is 9.89 Å². The Balaban J connectivity index is 1.93. The molecule has 1 heterocycles. The molecule has 6 nitrogen and oxygen atoms in total. The second kappa shape index (κ2) is 9.15. The lowest BCUT2D eigenvalue weighted by Gasteiger charge is -2.10. The molecular formula is C22H21F3N2O4S. The average Bonchev–Trinajstić information content (AvgIpc) is 3.17. The Kier molecular flexibility index (Phi) is 6.73. The number of aryl methyl sites for hydroxylation is 1. The second-order valence-electron chi connectivity index (χ2n) is 7.22. The van der Waals surface area contributed by atoms with E-state index in [1.807, 2.05) is 6.92 Å². The van der Waals surface area contributed by atoms with Crippen molar-refractivity contribution in [2.75, 3.05) is 12.4 Å².